The summed E-state index contributed by atoms with van der Waals surface area (Å²) in [6.45, 7) is 0. The van der Waals surface area contributed by atoms with E-state index in [0.717, 1.165) is 18.8 Å². The van der Waals surface area contributed by atoms with Crippen molar-refractivity contribution in [1.82, 2.24) is 0 Å². The van der Waals surface area contributed by atoms with Gasteiger partial charge in [0.2, 0.25) is 0 Å². The van der Waals surface area contributed by atoms with E-state index in [1.165, 1.54) is 32.1 Å². The minimum atomic E-state index is 0.744. The molecule has 0 amide bonds. The zero-order valence-corrected chi connectivity index (χ0v) is 7.63. The lowest BCUT2D eigenvalue weighted by molar-refractivity contribution is 0.411. The number of rotatable bonds is 2. The largest absolute Gasteiger partial charge is 0.198 e. The van der Waals surface area contributed by atoms with Gasteiger partial charge in [-0.1, -0.05) is 18.6 Å². The standard InChI is InChI=1S/C11H17N/c12-10-6-9-11-7-4-2-1-3-5-8-11/h1-2,11H,3-9H2. The van der Waals surface area contributed by atoms with Crippen LogP contribution in [0.5, 0.6) is 0 Å². The van der Waals surface area contributed by atoms with Gasteiger partial charge in [0, 0.05) is 6.42 Å². The molecule has 12 heavy (non-hydrogen) atoms. The fraction of sp³-hybridized carbons (Fsp3) is 0.727. The van der Waals surface area contributed by atoms with Crippen molar-refractivity contribution in [2.24, 2.45) is 5.92 Å². The normalized spacial score (nSPS) is 24.1. The van der Waals surface area contributed by atoms with Gasteiger partial charge in [-0.15, -0.1) is 0 Å². The van der Waals surface area contributed by atoms with E-state index in [1.807, 2.05) is 0 Å². The fourth-order valence-electron chi connectivity index (χ4n) is 1.79. The molecule has 1 atom stereocenters. The molecule has 1 aliphatic rings. The van der Waals surface area contributed by atoms with Crippen molar-refractivity contribution in [3.63, 3.8) is 0 Å². The predicted molar refractivity (Wildman–Crippen MR) is 50.6 cm³/mol. The Bertz CT molecular complexity index is 176. The maximum atomic E-state index is 8.46. The van der Waals surface area contributed by atoms with Crippen LogP contribution in [-0.4, -0.2) is 0 Å². The molecular formula is C11H17N. The summed E-state index contributed by atoms with van der Waals surface area (Å²) in [5, 5.41) is 8.46. The summed E-state index contributed by atoms with van der Waals surface area (Å²) in [4.78, 5) is 0. The van der Waals surface area contributed by atoms with Gasteiger partial charge >= 0.3 is 0 Å². The molecule has 0 N–H and O–H groups in total. The first-order valence-electron chi connectivity index (χ1n) is 4.95. The van der Waals surface area contributed by atoms with Crippen molar-refractivity contribution >= 4 is 0 Å². The van der Waals surface area contributed by atoms with Gasteiger partial charge in [0.1, 0.15) is 0 Å². The van der Waals surface area contributed by atoms with Gasteiger partial charge in [0.05, 0.1) is 6.07 Å². The van der Waals surface area contributed by atoms with E-state index < -0.39 is 0 Å². The van der Waals surface area contributed by atoms with Crippen molar-refractivity contribution in [1.29, 1.82) is 5.26 Å². The van der Waals surface area contributed by atoms with Gasteiger partial charge < -0.3 is 0 Å². The average Bonchev–Trinajstić information content (AvgIpc) is 2.02. The van der Waals surface area contributed by atoms with E-state index >= 15 is 0 Å². The summed E-state index contributed by atoms with van der Waals surface area (Å²) in [5.41, 5.74) is 0. The first-order valence-corrected chi connectivity index (χ1v) is 4.95. The molecule has 0 spiro atoms. The summed E-state index contributed by atoms with van der Waals surface area (Å²) in [6.07, 6.45) is 12.8. The molecule has 0 radical (unpaired) electrons. The molecule has 0 aromatic heterocycles. The third kappa shape index (κ3) is 3.57. The van der Waals surface area contributed by atoms with E-state index in [0.29, 0.717) is 0 Å². The molecule has 1 rings (SSSR count). The van der Waals surface area contributed by atoms with Crippen LogP contribution in [0.2, 0.25) is 0 Å². The van der Waals surface area contributed by atoms with Crippen LogP contribution in [0.25, 0.3) is 0 Å². The molecule has 1 aliphatic carbocycles. The smallest absolute Gasteiger partial charge is 0.0621 e. The highest BCUT2D eigenvalue weighted by atomic mass is 14.2. The Hall–Kier alpha value is -0.770. The second kappa shape index (κ2) is 5.83. The monoisotopic (exact) mass is 163 g/mol. The molecule has 1 heteroatoms. The molecule has 0 fully saturated rings. The van der Waals surface area contributed by atoms with E-state index in [-0.39, 0.29) is 0 Å². The summed E-state index contributed by atoms with van der Waals surface area (Å²) in [6, 6.07) is 2.23. The minimum Gasteiger partial charge on any atom is -0.198 e. The summed E-state index contributed by atoms with van der Waals surface area (Å²) < 4.78 is 0. The highest BCUT2D eigenvalue weighted by Crippen LogP contribution is 2.22. The van der Waals surface area contributed by atoms with Crippen molar-refractivity contribution in [2.75, 3.05) is 0 Å². The molecule has 0 aromatic rings. The lowest BCUT2D eigenvalue weighted by Crippen LogP contribution is -2.01. The number of nitriles is 1. The Morgan fingerprint density at radius 3 is 2.92 bits per heavy atom. The number of hydrogen-bond acceptors (Lipinski definition) is 1. The van der Waals surface area contributed by atoms with Crippen LogP contribution in [0.3, 0.4) is 0 Å². The Kier molecular flexibility index (Phi) is 4.52. The molecule has 0 aromatic carbocycles. The zero-order valence-electron chi connectivity index (χ0n) is 7.63. The van der Waals surface area contributed by atoms with Crippen molar-refractivity contribution in [3.05, 3.63) is 12.2 Å². The maximum Gasteiger partial charge on any atom is 0.0621 e. The van der Waals surface area contributed by atoms with Crippen LogP contribution in [0, 0.1) is 17.2 Å². The van der Waals surface area contributed by atoms with E-state index in [9.17, 15) is 0 Å². The van der Waals surface area contributed by atoms with Crippen LogP contribution in [-0.2, 0) is 0 Å². The van der Waals surface area contributed by atoms with E-state index in [1.54, 1.807) is 0 Å². The van der Waals surface area contributed by atoms with Crippen molar-refractivity contribution in [3.8, 4) is 6.07 Å². The van der Waals surface area contributed by atoms with Gasteiger partial charge in [-0.05, 0) is 38.0 Å². The number of nitrogens with zero attached hydrogens (tertiary/aromatic N) is 1. The van der Waals surface area contributed by atoms with Crippen LogP contribution < -0.4 is 0 Å². The summed E-state index contributed by atoms with van der Waals surface area (Å²) >= 11 is 0. The van der Waals surface area contributed by atoms with Gasteiger partial charge in [0.15, 0.2) is 0 Å². The molecule has 0 bridgehead atoms. The Labute approximate surface area is 75.1 Å². The molecule has 0 aliphatic heterocycles. The third-order valence-electron chi connectivity index (χ3n) is 2.56. The van der Waals surface area contributed by atoms with Crippen molar-refractivity contribution in [2.45, 2.75) is 44.9 Å². The molecule has 0 heterocycles. The molecule has 1 nitrogen and oxygen atoms in total. The van der Waals surface area contributed by atoms with Gasteiger partial charge in [0.25, 0.3) is 0 Å². The summed E-state index contributed by atoms with van der Waals surface area (Å²) in [7, 11) is 0. The molecule has 0 saturated carbocycles. The summed E-state index contributed by atoms with van der Waals surface area (Å²) in [5.74, 6) is 0.814. The predicted octanol–water partition coefficient (Wildman–Crippen LogP) is 3.43. The maximum absolute atomic E-state index is 8.46. The van der Waals surface area contributed by atoms with Crippen LogP contribution in [0.1, 0.15) is 44.9 Å². The second-order valence-electron chi connectivity index (χ2n) is 3.54. The lowest BCUT2D eigenvalue weighted by Gasteiger charge is -2.15. The molecular weight excluding hydrogens is 146 g/mol. The minimum absolute atomic E-state index is 0.744. The Morgan fingerprint density at radius 1 is 1.25 bits per heavy atom. The van der Waals surface area contributed by atoms with Crippen LogP contribution in [0.4, 0.5) is 0 Å². The second-order valence-corrected chi connectivity index (χ2v) is 3.54. The third-order valence-corrected chi connectivity index (χ3v) is 2.56. The van der Waals surface area contributed by atoms with Gasteiger partial charge in [-0.2, -0.15) is 5.26 Å². The van der Waals surface area contributed by atoms with Crippen molar-refractivity contribution < 1.29 is 0 Å². The van der Waals surface area contributed by atoms with Crippen LogP contribution in [0.15, 0.2) is 12.2 Å². The molecule has 0 saturated heterocycles. The quantitative estimate of drug-likeness (QED) is 0.572. The fourth-order valence-corrected chi connectivity index (χ4v) is 1.79. The Morgan fingerprint density at radius 2 is 2.08 bits per heavy atom. The molecule has 1 unspecified atom stereocenters. The number of allylic oxidation sites excluding steroid dienone is 2. The Balaban J connectivity index is 2.23. The molecule has 66 valence electrons. The van der Waals surface area contributed by atoms with Crippen LogP contribution >= 0.6 is 0 Å². The van der Waals surface area contributed by atoms with Gasteiger partial charge in [-0.3, -0.25) is 0 Å². The van der Waals surface area contributed by atoms with E-state index in [4.69, 9.17) is 5.26 Å². The van der Waals surface area contributed by atoms with Gasteiger partial charge in [-0.25, -0.2) is 0 Å². The average molecular weight is 163 g/mol. The highest BCUT2D eigenvalue weighted by molar-refractivity contribution is 4.85. The topological polar surface area (TPSA) is 23.8 Å². The highest BCUT2D eigenvalue weighted by Gasteiger charge is 2.08. The first kappa shape index (κ1) is 9.32. The van der Waals surface area contributed by atoms with E-state index in [2.05, 4.69) is 18.2 Å². The first-order chi connectivity index (χ1) is 5.93. The number of hydrogen-bond donors (Lipinski definition) is 0. The SMILES string of the molecule is N#CCCC1CCC=CCCC1. The lowest BCUT2D eigenvalue weighted by atomic mass is 9.90. The zero-order chi connectivity index (χ0) is 8.65.